The Kier molecular flexibility index (Phi) is 5.56. The second kappa shape index (κ2) is 9.15. The van der Waals surface area contributed by atoms with E-state index in [1.54, 1.807) is 12.4 Å². The molecule has 0 spiro atoms. The van der Waals surface area contributed by atoms with Gasteiger partial charge in [-0.05, 0) is 23.3 Å². The number of rotatable bonds is 6. The molecule has 0 bridgehead atoms. The molecule has 174 valence electrons. The summed E-state index contributed by atoms with van der Waals surface area (Å²) >= 11 is 0. The zero-order chi connectivity index (χ0) is 23.6. The summed E-state index contributed by atoms with van der Waals surface area (Å²) in [4.78, 5) is 34.2. The van der Waals surface area contributed by atoms with Crippen molar-refractivity contribution in [2.24, 2.45) is 0 Å². The highest BCUT2D eigenvalue weighted by atomic mass is 16.5. The molecule has 8 nitrogen and oxygen atoms in total. The molecule has 8 heteroatoms. The third kappa shape index (κ3) is 4.31. The highest BCUT2D eigenvalue weighted by Gasteiger charge is 2.23. The van der Waals surface area contributed by atoms with Gasteiger partial charge in [-0.1, -0.05) is 36.4 Å². The largest absolute Gasteiger partial charge is 0.488 e. The SMILES string of the molecule is O=c1[nH]c(-c2cncnc2)nc2c1CN(Cc1c[nH]c3cccc(OCc4ccccc4)c13)CC2. The summed E-state index contributed by atoms with van der Waals surface area (Å²) in [5, 5.41) is 1.08. The zero-order valence-corrected chi connectivity index (χ0v) is 19.1. The normalized spacial score (nSPS) is 13.6. The first-order valence-electron chi connectivity index (χ1n) is 11.6. The van der Waals surface area contributed by atoms with Gasteiger partial charge in [0.15, 0.2) is 0 Å². The standard InChI is InChI=1S/C27H24N6O2/c34-27-21-15-33(10-9-22(21)31-26(32-27)19-11-28-17-29-12-19)14-20-13-30-23-7-4-8-24(25(20)23)35-16-18-5-2-1-3-6-18/h1-8,11-13,17,30H,9-10,14-16H2,(H,31,32,34). The van der Waals surface area contributed by atoms with Gasteiger partial charge < -0.3 is 14.7 Å². The molecular formula is C27H24N6O2. The maximum atomic E-state index is 12.9. The predicted molar refractivity (Wildman–Crippen MR) is 133 cm³/mol. The average Bonchev–Trinajstić information content (AvgIpc) is 3.32. The van der Waals surface area contributed by atoms with Gasteiger partial charge in [0.25, 0.3) is 5.56 Å². The number of benzene rings is 2. The molecule has 0 saturated heterocycles. The molecule has 6 rings (SSSR count). The van der Waals surface area contributed by atoms with E-state index in [4.69, 9.17) is 9.72 Å². The van der Waals surface area contributed by atoms with Gasteiger partial charge in [0.2, 0.25) is 0 Å². The van der Waals surface area contributed by atoms with Crippen LogP contribution in [0, 0.1) is 0 Å². The van der Waals surface area contributed by atoms with E-state index in [-0.39, 0.29) is 5.56 Å². The van der Waals surface area contributed by atoms with E-state index in [0.29, 0.717) is 37.5 Å². The topological polar surface area (TPSA) is 99.8 Å². The van der Waals surface area contributed by atoms with E-state index in [2.05, 4.69) is 43.0 Å². The van der Waals surface area contributed by atoms with Crippen molar-refractivity contribution in [2.45, 2.75) is 26.1 Å². The van der Waals surface area contributed by atoms with E-state index in [0.717, 1.165) is 45.6 Å². The van der Waals surface area contributed by atoms with Crippen LogP contribution in [0.1, 0.15) is 22.4 Å². The summed E-state index contributed by atoms with van der Waals surface area (Å²) < 4.78 is 6.21. The number of aromatic amines is 2. The van der Waals surface area contributed by atoms with Crippen LogP contribution < -0.4 is 10.3 Å². The van der Waals surface area contributed by atoms with Gasteiger partial charge in [-0.3, -0.25) is 9.69 Å². The molecule has 0 aliphatic carbocycles. The molecule has 0 radical (unpaired) electrons. The Morgan fingerprint density at radius 1 is 1.03 bits per heavy atom. The molecule has 1 aliphatic heterocycles. The minimum absolute atomic E-state index is 0.107. The Labute approximate surface area is 201 Å². The van der Waals surface area contributed by atoms with Crippen LogP contribution in [0.2, 0.25) is 0 Å². The lowest BCUT2D eigenvalue weighted by Gasteiger charge is -2.27. The van der Waals surface area contributed by atoms with Crippen LogP contribution in [0.5, 0.6) is 5.75 Å². The van der Waals surface area contributed by atoms with E-state index in [1.165, 1.54) is 6.33 Å². The fourth-order valence-corrected chi connectivity index (χ4v) is 4.61. The molecule has 2 aromatic carbocycles. The third-order valence-electron chi connectivity index (χ3n) is 6.36. The molecule has 0 fully saturated rings. The zero-order valence-electron chi connectivity index (χ0n) is 19.1. The van der Waals surface area contributed by atoms with E-state index >= 15 is 0 Å². The van der Waals surface area contributed by atoms with Crippen LogP contribution in [0.3, 0.4) is 0 Å². The van der Waals surface area contributed by atoms with Gasteiger partial charge >= 0.3 is 0 Å². The lowest BCUT2D eigenvalue weighted by atomic mass is 10.1. The van der Waals surface area contributed by atoms with Crippen molar-refractivity contribution in [1.82, 2.24) is 29.8 Å². The highest BCUT2D eigenvalue weighted by molar-refractivity contribution is 5.89. The minimum atomic E-state index is -0.107. The van der Waals surface area contributed by atoms with Crippen molar-refractivity contribution in [3.8, 4) is 17.1 Å². The first kappa shape index (κ1) is 21.2. The van der Waals surface area contributed by atoms with Crippen molar-refractivity contribution in [3.63, 3.8) is 0 Å². The highest BCUT2D eigenvalue weighted by Crippen LogP contribution is 2.31. The summed E-state index contributed by atoms with van der Waals surface area (Å²) in [6.45, 7) is 2.58. The molecule has 2 N–H and O–H groups in total. The Morgan fingerprint density at radius 3 is 2.74 bits per heavy atom. The Hall–Kier alpha value is -4.30. The molecule has 5 aromatic rings. The summed E-state index contributed by atoms with van der Waals surface area (Å²) in [5.74, 6) is 1.37. The number of hydrogen-bond acceptors (Lipinski definition) is 6. The van der Waals surface area contributed by atoms with Crippen LogP contribution in [-0.4, -0.2) is 36.4 Å². The number of aromatic nitrogens is 5. The van der Waals surface area contributed by atoms with Crippen molar-refractivity contribution < 1.29 is 4.74 Å². The molecule has 0 atom stereocenters. The Morgan fingerprint density at radius 2 is 1.89 bits per heavy atom. The monoisotopic (exact) mass is 464 g/mol. The number of hydrogen-bond donors (Lipinski definition) is 2. The van der Waals surface area contributed by atoms with Gasteiger partial charge in [0.1, 0.15) is 24.5 Å². The quantitative estimate of drug-likeness (QED) is 0.396. The summed E-state index contributed by atoms with van der Waals surface area (Å²) in [5.41, 5.74) is 5.47. The van der Waals surface area contributed by atoms with Crippen LogP contribution in [-0.2, 0) is 26.1 Å². The fourth-order valence-electron chi connectivity index (χ4n) is 4.61. The van der Waals surface area contributed by atoms with Crippen LogP contribution in [0.15, 0.2) is 78.2 Å². The van der Waals surface area contributed by atoms with Crippen LogP contribution in [0.4, 0.5) is 0 Å². The molecule has 3 aromatic heterocycles. The second-order valence-corrected chi connectivity index (χ2v) is 8.69. The Balaban J connectivity index is 1.23. The van der Waals surface area contributed by atoms with Crippen molar-refractivity contribution >= 4 is 10.9 Å². The maximum Gasteiger partial charge on any atom is 0.255 e. The number of nitrogens with zero attached hydrogens (tertiary/aromatic N) is 4. The maximum absolute atomic E-state index is 12.9. The van der Waals surface area contributed by atoms with Crippen LogP contribution >= 0.6 is 0 Å². The molecular weight excluding hydrogens is 440 g/mol. The van der Waals surface area contributed by atoms with Gasteiger partial charge in [-0.15, -0.1) is 0 Å². The van der Waals surface area contributed by atoms with E-state index in [1.807, 2.05) is 36.5 Å². The minimum Gasteiger partial charge on any atom is -0.488 e. The lowest BCUT2D eigenvalue weighted by Crippen LogP contribution is -2.35. The molecule has 0 unspecified atom stereocenters. The van der Waals surface area contributed by atoms with Gasteiger partial charge in [-0.25, -0.2) is 15.0 Å². The van der Waals surface area contributed by atoms with Gasteiger partial charge in [0, 0.05) is 55.5 Å². The smallest absolute Gasteiger partial charge is 0.255 e. The van der Waals surface area contributed by atoms with Crippen molar-refractivity contribution in [1.29, 1.82) is 0 Å². The summed E-state index contributed by atoms with van der Waals surface area (Å²) in [7, 11) is 0. The van der Waals surface area contributed by atoms with Crippen molar-refractivity contribution in [2.75, 3.05) is 6.54 Å². The van der Waals surface area contributed by atoms with Crippen LogP contribution in [0.25, 0.3) is 22.3 Å². The molecule has 0 amide bonds. The Bertz CT molecular complexity index is 1530. The third-order valence-corrected chi connectivity index (χ3v) is 6.36. The van der Waals surface area contributed by atoms with E-state index < -0.39 is 0 Å². The second-order valence-electron chi connectivity index (χ2n) is 8.69. The molecule has 35 heavy (non-hydrogen) atoms. The summed E-state index contributed by atoms with van der Waals surface area (Å²) in [6, 6.07) is 16.2. The van der Waals surface area contributed by atoms with E-state index in [9.17, 15) is 4.79 Å². The molecule has 0 saturated carbocycles. The molecule has 1 aliphatic rings. The first-order chi connectivity index (χ1) is 17.2. The number of ether oxygens (including phenoxy) is 1. The number of H-pyrrole nitrogens is 2. The number of fused-ring (bicyclic) bond motifs is 2. The fraction of sp³-hybridized carbons (Fsp3) is 0.185. The van der Waals surface area contributed by atoms with Gasteiger partial charge in [0.05, 0.1) is 16.8 Å². The summed E-state index contributed by atoms with van der Waals surface area (Å²) in [6.07, 6.45) is 7.51. The van der Waals surface area contributed by atoms with Gasteiger partial charge in [-0.2, -0.15) is 0 Å². The number of nitrogens with one attached hydrogen (secondary N) is 2. The predicted octanol–water partition coefficient (Wildman–Crippen LogP) is 3.85. The van der Waals surface area contributed by atoms with Crippen molar-refractivity contribution in [3.05, 3.63) is 106 Å². The molecule has 4 heterocycles. The lowest BCUT2D eigenvalue weighted by molar-refractivity contribution is 0.242. The first-order valence-corrected chi connectivity index (χ1v) is 11.6. The average molecular weight is 465 g/mol.